The molecule has 134 valence electrons. The van der Waals surface area contributed by atoms with Crippen LogP contribution in [0.5, 0.6) is 0 Å². The summed E-state index contributed by atoms with van der Waals surface area (Å²) < 4.78 is 5.36. The van der Waals surface area contributed by atoms with Crippen LogP contribution in [0.15, 0.2) is 65.2 Å². The molecule has 0 saturated carbocycles. The summed E-state index contributed by atoms with van der Waals surface area (Å²) in [5.41, 5.74) is 1.20. The van der Waals surface area contributed by atoms with Crippen molar-refractivity contribution in [3.8, 4) is 11.4 Å². The zero-order valence-corrected chi connectivity index (χ0v) is 15.1. The number of para-hydroxylation sites is 1. The second kappa shape index (κ2) is 7.39. The standard InChI is InChI=1S/C20H22N4O2/c1-20(2,3)24(19(25)21-16-12-8-5-9-13-16)14-17-22-18(23-26-17)15-10-6-4-7-11-15/h4-13H,14H2,1-3H3,(H,21,25). The SMILES string of the molecule is CC(C)(C)N(Cc1nc(-c2ccccc2)no1)C(=O)Nc1ccccc1. The van der Waals surface area contributed by atoms with Crippen molar-refractivity contribution >= 4 is 11.7 Å². The normalized spacial score (nSPS) is 11.2. The topological polar surface area (TPSA) is 71.3 Å². The van der Waals surface area contributed by atoms with Crippen LogP contribution in [0.1, 0.15) is 26.7 Å². The van der Waals surface area contributed by atoms with Crippen LogP contribution in [0.2, 0.25) is 0 Å². The number of anilines is 1. The van der Waals surface area contributed by atoms with E-state index >= 15 is 0 Å². The lowest BCUT2D eigenvalue weighted by atomic mass is 10.1. The smallest absolute Gasteiger partial charge is 0.322 e. The van der Waals surface area contributed by atoms with Gasteiger partial charge >= 0.3 is 6.03 Å². The lowest BCUT2D eigenvalue weighted by molar-refractivity contribution is 0.140. The first kappa shape index (κ1) is 17.7. The first-order valence-corrected chi connectivity index (χ1v) is 8.45. The number of nitrogens with zero attached hydrogens (tertiary/aromatic N) is 3. The van der Waals surface area contributed by atoms with E-state index in [9.17, 15) is 4.79 Å². The molecule has 0 unspecified atom stereocenters. The maximum absolute atomic E-state index is 12.8. The van der Waals surface area contributed by atoms with Crippen molar-refractivity contribution in [2.45, 2.75) is 32.9 Å². The summed E-state index contributed by atoms with van der Waals surface area (Å²) >= 11 is 0. The highest BCUT2D eigenvalue weighted by atomic mass is 16.5. The molecule has 0 bridgehead atoms. The Labute approximate surface area is 152 Å². The molecule has 0 aliphatic rings. The Morgan fingerprint density at radius 3 is 2.27 bits per heavy atom. The van der Waals surface area contributed by atoms with E-state index in [0.29, 0.717) is 11.7 Å². The fourth-order valence-corrected chi connectivity index (χ4v) is 2.48. The maximum atomic E-state index is 12.8. The van der Waals surface area contributed by atoms with Gasteiger partial charge in [-0.15, -0.1) is 0 Å². The third-order valence-electron chi connectivity index (χ3n) is 3.87. The summed E-state index contributed by atoms with van der Waals surface area (Å²) in [4.78, 5) is 18.9. The van der Waals surface area contributed by atoms with E-state index in [1.54, 1.807) is 4.90 Å². The fourth-order valence-electron chi connectivity index (χ4n) is 2.48. The van der Waals surface area contributed by atoms with Gasteiger partial charge in [0.15, 0.2) is 0 Å². The van der Waals surface area contributed by atoms with Crippen LogP contribution in [0.25, 0.3) is 11.4 Å². The maximum Gasteiger partial charge on any atom is 0.322 e. The van der Waals surface area contributed by atoms with Crippen LogP contribution in [0, 0.1) is 0 Å². The van der Waals surface area contributed by atoms with E-state index in [1.807, 2.05) is 81.4 Å². The van der Waals surface area contributed by atoms with Gasteiger partial charge in [0.25, 0.3) is 0 Å². The molecule has 6 nitrogen and oxygen atoms in total. The molecule has 0 atom stereocenters. The molecule has 2 amide bonds. The Hall–Kier alpha value is -3.15. The summed E-state index contributed by atoms with van der Waals surface area (Å²) in [5.74, 6) is 0.903. The lowest BCUT2D eigenvalue weighted by Gasteiger charge is -2.34. The first-order valence-electron chi connectivity index (χ1n) is 8.45. The molecule has 1 aromatic heterocycles. The van der Waals surface area contributed by atoms with Gasteiger partial charge in [-0.3, -0.25) is 0 Å². The Morgan fingerprint density at radius 2 is 1.65 bits per heavy atom. The molecule has 0 aliphatic carbocycles. The van der Waals surface area contributed by atoms with Gasteiger partial charge in [0.05, 0.1) is 0 Å². The number of carbonyl (C=O) groups is 1. The highest BCUT2D eigenvalue weighted by molar-refractivity contribution is 5.89. The fraction of sp³-hybridized carbons (Fsp3) is 0.250. The number of urea groups is 1. The minimum absolute atomic E-state index is 0.219. The van der Waals surface area contributed by atoms with E-state index in [4.69, 9.17) is 4.52 Å². The zero-order valence-electron chi connectivity index (χ0n) is 15.1. The van der Waals surface area contributed by atoms with Crippen LogP contribution in [-0.4, -0.2) is 26.6 Å². The summed E-state index contributed by atoms with van der Waals surface area (Å²) in [6, 6.07) is 18.7. The summed E-state index contributed by atoms with van der Waals surface area (Å²) in [6.07, 6.45) is 0. The van der Waals surface area contributed by atoms with E-state index in [-0.39, 0.29) is 12.6 Å². The van der Waals surface area contributed by atoms with E-state index < -0.39 is 5.54 Å². The Morgan fingerprint density at radius 1 is 1.04 bits per heavy atom. The van der Waals surface area contributed by atoms with Crippen LogP contribution in [0.4, 0.5) is 10.5 Å². The highest BCUT2D eigenvalue weighted by Crippen LogP contribution is 2.21. The van der Waals surface area contributed by atoms with Crippen LogP contribution < -0.4 is 5.32 Å². The Bertz CT molecular complexity index is 854. The largest absolute Gasteiger partial charge is 0.337 e. The summed E-state index contributed by atoms with van der Waals surface area (Å²) in [6.45, 7) is 6.12. The van der Waals surface area contributed by atoms with Gasteiger partial charge in [-0.25, -0.2) is 4.79 Å². The van der Waals surface area contributed by atoms with E-state index in [0.717, 1.165) is 11.3 Å². The number of nitrogens with one attached hydrogen (secondary N) is 1. The predicted octanol–water partition coefficient (Wildman–Crippen LogP) is 4.57. The van der Waals surface area contributed by atoms with Crippen molar-refractivity contribution in [2.24, 2.45) is 0 Å². The van der Waals surface area contributed by atoms with Crippen molar-refractivity contribution in [1.29, 1.82) is 0 Å². The molecular formula is C20H22N4O2. The molecule has 1 N–H and O–H groups in total. The minimum Gasteiger partial charge on any atom is -0.337 e. The van der Waals surface area contributed by atoms with Gasteiger partial charge in [-0.05, 0) is 32.9 Å². The molecule has 6 heteroatoms. The molecule has 3 rings (SSSR count). The summed E-state index contributed by atoms with van der Waals surface area (Å²) in [7, 11) is 0. The number of rotatable bonds is 4. The van der Waals surface area contributed by atoms with E-state index in [2.05, 4.69) is 15.5 Å². The van der Waals surface area contributed by atoms with Gasteiger partial charge in [-0.1, -0.05) is 53.7 Å². The highest BCUT2D eigenvalue weighted by Gasteiger charge is 2.28. The van der Waals surface area contributed by atoms with Crippen molar-refractivity contribution in [3.63, 3.8) is 0 Å². The quantitative estimate of drug-likeness (QED) is 0.748. The molecule has 0 aliphatic heterocycles. The minimum atomic E-state index is -0.416. The third-order valence-corrected chi connectivity index (χ3v) is 3.87. The molecule has 26 heavy (non-hydrogen) atoms. The number of benzene rings is 2. The van der Waals surface area contributed by atoms with E-state index in [1.165, 1.54) is 0 Å². The molecule has 2 aromatic carbocycles. The molecule has 0 fully saturated rings. The second-order valence-corrected chi connectivity index (χ2v) is 6.93. The van der Waals surface area contributed by atoms with Crippen molar-refractivity contribution in [1.82, 2.24) is 15.0 Å². The third kappa shape index (κ3) is 4.27. The van der Waals surface area contributed by atoms with Crippen molar-refractivity contribution < 1.29 is 9.32 Å². The zero-order chi connectivity index (χ0) is 18.6. The Kier molecular flexibility index (Phi) is 5.02. The van der Waals surface area contributed by atoms with Crippen LogP contribution in [-0.2, 0) is 6.54 Å². The van der Waals surface area contributed by atoms with Crippen LogP contribution >= 0.6 is 0 Å². The monoisotopic (exact) mass is 350 g/mol. The Balaban J connectivity index is 1.77. The molecule has 3 aromatic rings. The molecule has 0 radical (unpaired) electrons. The lowest BCUT2D eigenvalue weighted by Crippen LogP contribution is -2.47. The number of carbonyl (C=O) groups excluding carboxylic acids is 1. The number of aromatic nitrogens is 2. The number of hydrogen-bond donors (Lipinski definition) is 1. The van der Waals surface area contributed by atoms with Crippen molar-refractivity contribution in [2.75, 3.05) is 5.32 Å². The molecule has 1 heterocycles. The second-order valence-electron chi connectivity index (χ2n) is 6.93. The molecule has 0 saturated heterocycles. The average molecular weight is 350 g/mol. The first-order chi connectivity index (χ1) is 12.4. The van der Waals surface area contributed by atoms with Crippen LogP contribution in [0.3, 0.4) is 0 Å². The van der Waals surface area contributed by atoms with Gasteiger partial charge in [0.1, 0.15) is 6.54 Å². The van der Waals surface area contributed by atoms with Crippen molar-refractivity contribution in [3.05, 3.63) is 66.6 Å². The van der Waals surface area contributed by atoms with Gasteiger partial charge in [0, 0.05) is 16.8 Å². The number of amides is 2. The van der Waals surface area contributed by atoms with Gasteiger partial charge in [0.2, 0.25) is 11.7 Å². The molecule has 0 spiro atoms. The average Bonchev–Trinajstić information content (AvgIpc) is 3.09. The van der Waals surface area contributed by atoms with Gasteiger partial charge < -0.3 is 14.7 Å². The number of hydrogen-bond acceptors (Lipinski definition) is 4. The van der Waals surface area contributed by atoms with Gasteiger partial charge in [-0.2, -0.15) is 4.98 Å². The summed E-state index contributed by atoms with van der Waals surface area (Å²) in [5, 5.41) is 6.92. The predicted molar refractivity (Wildman–Crippen MR) is 100 cm³/mol. The molecular weight excluding hydrogens is 328 g/mol.